The number of nitrogens with one attached hydrogen (secondary N) is 2. The van der Waals surface area contributed by atoms with Crippen molar-refractivity contribution in [2.45, 2.75) is 20.3 Å². The predicted molar refractivity (Wildman–Crippen MR) is 105 cm³/mol. The molecule has 1 aromatic heterocycles. The maximum absolute atomic E-state index is 4.20. The summed E-state index contributed by atoms with van der Waals surface area (Å²) in [7, 11) is 0. The highest BCUT2D eigenvalue weighted by molar-refractivity contribution is 5.84. The summed E-state index contributed by atoms with van der Waals surface area (Å²) >= 11 is 0. The average Bonchev–Trinajstić information content (AvgIpc) is 2.97. The van der Waals surface area contributed by atoms with E-state index in [0.717, 1.165) is 35.4 Å². The van der Waals surface area contributed by atoms with Crippen molar-refractivity contribution in [1.29, 1.82) is 0 Å². The lowest BCUT2D eigenvalue weighted by Crippen LogP contribution is -2.15. The number of allylic oxidation sites excluding steroid dienone is 1. The number of aryl methyl sites for hydroxylation is 1. The topological polar surface area (TPSA) is 27.8 Å². The zero-order valence-corrected chi connectivity index (χ0v) is 14.4. The second kappa shape index (κ2) is 6.79. The Morgan fingerprint density at radius 3 is 2.58 bits per heavy atom. The zero-order chi connectivity index (χ0) is 17.1. The molecule has 2 aromatic carbocycles. The molecule has 3 rings (SSSR count). The fourth-order valence-corrected chi connectivity index (χ4v) is 3.06. The van der Waals surface area contributed by atoms with Crippen LogP contribution in [0.1, 0.15) is 29.2 Å². The Labute approximate surface area is 143 Å². The smallest absolute Gasteiger partial charge is 0.0456 e. The summed E-state index contributed by atoms with van der Waals surface area (Å²) in [4.78, 5) is 3.35. The predicted octanol–water partition coefficient (Wildman–Crippen LogP) is 5.31. The van der Waals surface area contributed by atoms with Crippen molar-refractivity contribution < 1.29 is 0 Å². The van der Waals surface area contributed by atoms with Crippen LogP contribution in [-0.4, -0.2) is 11.5 Å². The number of hydrogen-bond acceptors (Lipinski definition) is 1. The summed E-state index contributed by atoms with van der Waals surface area (Å²) in [5, 5.41) is 4.77. The molecule has 0 fully saturated rings. The first kappa shape index (κ1) is 16.1. The van der Waals surface area contributed by atoms with Crippen molar-refractivity contribution in [3.05, 3.63) is 84.1 Å². The van der Waals surface area contributed by atoms with Gasteiger partial charge in [0.25, 0.3) is 0 Å². The summed E-state index contributed by atoms with van der Waals surface area (Å²) in [5.74, 6) is 0. The van der Waals surface area contributed by atoms with Gasteiger partial charge < -0.3 is 10.3 Å². The lowest BCUT2D eigenvalue weighted by molar-refractivity contribution is 0.853. The van der Waals surface area contributed by atoms with Crippen molar-refractivity contribution in [3.8, 4) is 0 Å². The largest absolute Gasteiger partial charge is 0.385 e. The molecular weight excluding hydrogens is 292 g/mol. The molecule has 0 unspecified atom stereocenters. The third-order valence-corrected chi connectivity index (χ3v) is 4.37. The minimum Gasteiger partial charge on any atom is -0.385 e. The molecule has 0 saturated carbocycles. The number of rotatable bonds is 6. The fraction of sp³-hybridized carbons (Fsp3) is 0.182. The van der Waals surface area contributed by atoms with Gasteiger partial charge in [0, 0.05) is 34.9 Å². The van der Waals surface area contributed by atoms with Crippen LogP contribution in [-0.2, 0) is 6.42 Å². The van der Waals surface area contributed by atoms with Gasteiger partial charge in [-0.25, -0.2) is 0 Å². The monoisotopic (exact) mass is 316 g/mol. The van der Waals surface area contributed by atoms with Crippen LogP contribution < -0.4 is 5.32 Å². The minimum absolute atomic E-state index is 0.851. The Bertz CT molecular complexity index is 899. The van der Waals surface area contributed by atoms with Crippen LogP contribution in [0.5, 0.6) is 0 Å². The van der Waals surface area contributed by atoms with Gasteiger partial charge in [-0.2, -0.15) is 0 Å². The molecular formula is C22H24N2. The molecule has 0 aliphatic carbocycles. The van der Waals surface area contributed by atoms with Crippen LogP contribution >= 0.6 is 0 Å². The van der Waals surface area contributed by atoms with Crippen molar-refractivity contribution in [2.24, 2.45) is 0 Å². The zero-order valence-electron chi connectivity index (χ0n) is 14.4. The third-order valence-electron chi connectivity index (χ3n) is 4.37. The molecule has 0 aliphatic rings. The van der Waals surface area contributed by atoms with E-state index in [0.29, 0.717) is 0 Å². The standard InChI is InChI=1S/C22H24N2/c1-15(2)19-7-5-6-8-20(19)17(4)23-12-11-18-14-24-22-10-9-16(3)13-21(18)22/h5-10,13-14,23-24H,1,4,11-12H2,2-3H3. The van der Waals surface area contributed by atoms with Gasteiger partial charge in [0.15, 0.2) is 0 Å². The molecule has 2 N–H and O–H groups in total. The maximum Gasteiger partial charge on any atom is 0.0456 e. The second-order valence-electron chi connectivity index (χ2n) is 6.34. The van der Waals surface area contributed by atoms with E-state index in [4.69, 9.17) is 0 Å². The number of benzene rings is 2. The summed E-state index contributed by atoms with van der Waals surface area (Å²) in [6.07, 6.45) is 3.06. The quantitative estimate of drug-likeness (QED) is 0.633. The van der Waals surface area contributed by atoms with E-state index in [9.17, 15) is 0 Å². The van der Waals surface area contributed by atoms with E-state index in [1.54, 1.807) is 0 Å². The molecule has 0 atom stereocenters. The third kappa shape index (κ3) is 3.28. The van der Waals surface area contributed by atoms with E-state index < -0.39 is 0 Å². The lowest BCUT2D eigenvalue weighted by atomic mass is 10.00. The molecule has 1 heterocycles. The van der Waals surface area contributed by atoms with Crippen molar-refractivity contribution in [1.82, 2.24) is 10.3 Å². The van der Waals surface area contributed by atoms with Crippen molar-refractivity contribution in [3.63, 3.8) is 0 Å². The Balaban J connectivity index is 1.69. The molecule has 0 aliphatic heterocycles. The Morgan fingerprint density at radius 2 is 1.83 bits per heavy atom. The number of fused-ring (bicyclic) bond motifs is 1. The minimum atomic E-state index is 0.851. The molecule has 0 radical (unpaired) electrons. The highest BCUT2D eigenvalue weighted by Crippen LogP contribution is 2.23. The molecule has 2 nitrogen and oxygen atoms in total. The summed E-state index contributed by atoms with van der Waals surface area (Å²) in [5.41, 5.74) is 8.10. The van der Waals surface area contributed by atoms with Gasteiger partial charge in [0.2, 0.25) is 0 Å². The van der Waals surface area contributed by atoms with E-state index in [-0.39, 0.29) is 0 Å². The number of aromatic amines is 1. The average molecular weight is 316 g/mol. The van der Waals surface area contributed by atoms with E-state index in [2.05, 4.69) is 66.9 Å². The van der Waals surface area contributed by atoms with Crippen LogP contribution in [0.2, 0.25) is 0 Å². The molecule has 122 valence electrons. The van der Waals surface area contributed by atoms with Gasteiger partial charge in [0.1, 0.15) is 0 Å². The number of hydrogen-bond donors (Lipinski definition) is 2. The van der Waals surface area contributed by atoms with Gasteiger partial charge in [-0.3, -0.25) is 0 Å². The van der Waals surface area contributed by atoms with Crippen molar-refractivity contribution >= 4 is 22.2 Å². The van der Waals surface area contributed by atoms with E-state index in [1.807, 2.05) is 19.1 Å². The number of aromatic nitrogens is 1. The molecule has 2 heteroatoms. The molecule has 24 heavy (non-hydrogen) atoms. The van der Waals surface area contributed by atoms with Crippen LogP contribution in [0, 0.1) is 6.92 Å². The van der Waals surface area contributed by atoms with Crippen LogP contribution in [0.15, 0.2) is 61.8 Å². The van der Waals surface area contributed by atoms with Gasteiger partial charge >= 0.3 is 0 Å². The first-order valence-corrected chi connectivity index (χ1v) is 8.31. The van der Waals surface area contributed by atoms with Gasteiger partial charge in [0.05, 0.1) is 0 Å². The Kier molecular flexibility index (Phi) is 4.57. The lowest BCUT2D eigenvalue weighted by Gasteiger charge is -2.14. The SMILES string of the molecule is C=C(C)c1ccccc1C(=C)NCCc1c[nH]c2ccc(C)cc12. The van der Waals surface area contributed by atoms with E-state index >= 15 is 0 Å². The Hall–Kier alpha value is -2.74. The van der Waals surface area contributed by atoms with Crippen LogP contribution in [0.25, 0.3) is 22.2 Å². The Morgan fingerprint density at radius 1 is 1.08 bits per heavy atom. The summed E-state index contributed by atoms with van der Waals surface area (Å²) in [6.45, 7) is 13.3. The first-order chi connectivity index (χ1) is 11.6. The summed E-state index contributed by atoms with van der Waals surface area (Å²) < 4.78 is 0. The fourth-order valence-electron chi connectivity index (χ4n) is 3.06. The normalized spacial score (nSPS) is 10.8. The highest BCUT2D eigenvalue weighted by Gasteiger charge is 2.07. The van der Waals surface area contributed by atoms with Crippen LogP contribution in [0.3, 0.4) is 0 Å². The van der Waals surface area contributed by atoms with Crippen molar-refractivity contribution in [2.75, 3.05) is 6.54 Å². The molecule has 0 bridgehead atoms. The van der Waals surface area contributed by atoms with Gasteiger partial charge in [-0.05, 0) is 43.5 Å². The van der Waals surface area contributed by atoms with Gasteiger partial charge in [-0.15, -0.1) is 0 Å². The molecule has 0 saturated heterocycles. The van der Waals surface area contributed by atoms with E-state index in [1.165, 1.54) is 22.0 Å². The summed E-state index contributed by atoms with van der Waals surface area (Å²) in [6, 6.07) is 14.8. The van der Waals surface area contributed by atoms with Gasteiger partial charge in [-0.1, -0.05) is 54.6 Å². The highest BCUT2D eigenvalue weighted by atomic mass is 14.9. The van der Waals surface area contributed by atoms with Crippen LogP contribution in [0.4, 0.5) is 0 Å². The first-order valence-electron chi connectivity index (χ1n) is 8.31. The molecule has 3 aromatic rings. The second-order valence-corrected chi connectivity index (χ2v) is 6.34. The molecule has 0 amide bonds. The molecule has 0 spiro atoms. The maximum atomic E-state index is 4.20. The number of H-pyrrole nitrogens is 1.